The van der Waals surface area contributed by atoms with E-state index in [0.29, 0.717) is 25.0 Å². The van der Waals surface area contributed by atoms with Crippen molar-refractivity contribution in [1.82, 2.24) is 5.32 Å². The molecule has 0 spiro atoms. The molecule has 0 unspecified atom stereocenters. The van der Waals surface area contributed by atoms with Gasteiger partial charge in [0, 0.05) is 5.69 Å². The molecule has 11 heteroatoms. The van der Waals surface area contributed by atoms with Crippen molar-refractivity contribution in [1.29, 1.82) is 0 Å². The molecule has 0 aromatic heterocycles. The Kier molecular flexibility index (Phi) is 7.52. The molecule has 1 aliphatic carbocycles. The van der Waals surface area contributed by atoms with Gasteiger partial charge < -0.3 is 20.5 Å². The van der Waals surface area contributed by atoms with Gasteiger partial charge in [-0.2, -0.15) is 26.3 Å². The smallest absolute Gasteiger partial charge is 0.394 e. The van der Waals surface area contributed by atoms with Crippen molar-refractivity contribution in [2.24, 2.45) is 0 Å². The molecule has 0 radical (unpaired) electrons. The third-order valence-corrected chi connectivity index (χ3v) is 4.51. The quantitative estimate of drug-likeness (QED) is 0.480. The Morgan fingerprint density at radius 3 is 2.14 bits per heavy atom. The normalized spacial score (nSPS) is 20.7. The van der Waals surface area contributed by atoms with Gasteiger partial charge in [-0.15, -0.1) is 0 Å². The van der Waals surface area contributed by atoms with E-state index in [-0.39, 0.29) is 36.5 Å². The van der Waals surface area contributed by atoms with E-state index in [0.717, 1.165) is 12.8 Å². The molecule has 1 aromatic rings. The average Bonchev–Trinajstić information content (AvgIpc) is 2.59. The van der Waals surface area contributed by atoms with Gasteiger partial charge in [0.05, 0.1) is 36.5 Å². The molecule has 158 valence electrons. The Bertz CT molecular complexity index is 648. The maximum Gasteiger partial charge on any atom is 0.416 e. The molecule has 1 aromatic carbocycles. The molecule has 0 bridgehead atoms. The van der Waals surface area contributed by atoms with Crippen molar-refractivity contribution in [3.05, 3.63) is 29.3 Å². The summed E-state index contributed by atoms with van der Waals surface area (Å²) < 4.78 is 83.1. The highest BCUT2D eigenvalue weighted by atomic mass is 32.1. The van der Waals surface area contributed by atoms with Crippen LogP contribution in [-0.2, 0) is 17.1 Å². The average molecular weight is 430 g/mol. The minimum absolute atomic E-state index is 0.0571. The van der Waals surface area contributed by atoms with Gasteiger partial charge in [-0.25, -0.2) is 0 Å². The van der Waals surface area contributed by atoms with E-state index in [2.05, 4.69) is 10.6 Å². The summed E-state index contributed by atoms with van der Waals surface area (Å²) in [6, 6.07) is 0.947. The number of halogens is 6. The molecule has 0 heterocycles. The third kappa shape index (κ3) is 6.49. The van der Waals surface area contributed by atoms with Crippen LogP contribution in [0.1, 0.15) is 36.8 Å². The number of thiocarbonyl (C=S) groups is 1. The van der Waals surface area contributed by atoms with Crippen LogP contribution in [0.5, 0.6) is 0 Å². The predicted octanol–water partition coefficient (Wildman–Crippen LogP) is 4.33. The molecule has 1 fully saturated rings. The van der Waals surface area contributed by atoms with Crippen LogP contribution in [0.3, 0.4) is 0 Å². The minimum atomic E-state index is -4.93. The topological polar surface area (TPSA) is 53.5 Å². The zero-order chi connectivity index (χ0) is 20.9. The molecule has 0 aliphatic heterocycles. The molecule has 1 aliphatic rings. The van der Waals surface area contributed by atoms with Crippen molar-refractivity contribution >= 4 is 23.0 Å². The second-order valence-electron chi connectivity index (χ2n) is 6.42. The number of hydrogen-bond donors (Lipinski definition) is 3. The van der Waals surface area contributed by atoms with E-state index < -0.39 is 29.2 Å². The fourth-order valence-corrected chi connectivity index (χ4v) is 3.30. The summed E-state index contributed by atoms with van der Waals surface area (Å²) in [6.45, 7) is -0.0258. The Hall–Kier alpha value is -1.59. The summed E-state index contributed by atoms with van der Waals surface area (Å²) >= 11 is 5.07. The molecular weight excluding hydrogens is 410 g/mol. The van der Waals surface area contributed by atoms with E-state index in [9.17, 15) is 26.3 Å². The van der Waals surface area contributed by atoms with Gasteiger partial charge in [-0.1, -0.05) is 12.8 Å². The van der Waals surface area contributed by atoms with E-state index in [1.54, 1.807) is 0 Å². The number of hydrogen-bond acceptors (Lipinski definition) is 3. The number of aliphatic hydroxyl groups is 1. The van der Waals surface area contributed by atoms with E-state index >= 15 is 0 Å². The van der Waals surface area contributed by atoms with Crippen LogP contribution in [0.2, 0.25) is 0 Å². The van der Waals surface area contributed by atoms with Crippen molar-refractivity contribution in [2.45, 2.75) is 50.2 Å². The second-order valence-corrected chi connectivity index (χ2v) is 6.83. The van der Waals surface area contributed by atoms with Crippen molar-refractivity contribution in [3.63, 3.8) is 0 Å². The molecule has 1 saturated carbocycles. The first-order valence-corrected chi connectivity index (χ1v) is 9.01. The molecular formula is C17H20F6N2O2S. The summed E-state index contributed by atoms with van der Waals surface area (Å²) in [7, 11) is 0. The molecule has 2 rings (SSSR count). The number of nitrogens with one attached hydrogen (secondary N) is 2. The number of aliphatic hydroxyl groups excluding tert-OH is 1. The molecule has 3 N–H and O–H groups in total. The Morgan fingerprint density at radius 2 is 1.61 bits per heavy atom. The maximum atomic E-state index is 12.9. The van der Waals surface area contributed by atoms with Crippen molar-refractivity contribution in [2.75, 3.05) is 18.5 Å². The highest BCUT2D eigenvalue weighted by Crippen LogP contribution is 2.37. The van der Waals surface area contributed by atoms with Gasteiger partial charge in [0.1, 0.15) is 0 Å². The summed E-state index contributed by atoms with van der Waals surface area (Å²) in [5.41, 5.74) is -3.26. The molecule has 28 heavy (non-hydrogen) atoms. The Balaban J connectivity index is 2.14. The van der Waals surface area contributed by atoms with E-state index in [1.165, 1.54) is 0 Å². The third-order valence-electron chi connectivity index (χ3n) is 4.29. The molecule has 0 saturated heterocycles. The fraction of sp³-hybridized carbons (Fsp3) is 0.588. The highest BCUT2D eigenvalue weighted by Gasteiger charge is 2.37. The maximum absolute atomic E-state index is 12.9. The molecule has 2 atom stereocenters. The lowest BCUT2D eigenvalue weighted by Crippen LogP contribution is -2.48. The number of ether oxygens (including phenoxy) is 1. The predicted molar refractivity (Wildman–Crippen MR) is 94.9 cm³/mol. The Morgan fingerprint density at radius 1 is 1.04 bits per heavy atom. The number of benzene rings is 1. The number of rotatable bonds is 5. The zero-order valence-electron chi connectivity index (χ0n) is 14.7. The van der Waals surface area contributed by atoms with E-state index in [4.69, 9.17) is 22.1 Å². The van der Waals surface area contributed by atoms with Gasteiger partial charge >= 0.3 is 12.4 Å². The van der Waals surface area contributed by atoms with Gasteiger partial charge in [0.2, 0.25) is 0 Å². The van der Waals surface area contributed by atoms with Crippen LogP contribution in [0.15, 0.2) is 18.2 Å². The Labute approximate surface area is 163 Å². The van der Waals surface area contributed by atoms with Crippen molar-refractivity contribution < 1.29 is 36.2 Å². The van der Waals surface area contributed by atoms with Crippen LogP contribution < -0.4 is 10.6 Å². The lowest BCUT2D eigenvalue weighted by Gasteiger charge is -2.33. The lowest BCUT2D eigenvalue weighted by molar-refractivity contribution is -0.143. The van der Waals surface area contributed by atoms with Crippen LogP contribution >= 0.6 is 12.2 Å². The highest BCUT2D eigenvalue weighted by molar-refractivity contribution is 7.80. The summed E-state index contributed by atoms with van der Waals surface area (Å²) in [4.78, 5) is 0. The monoisotopic (exact) mass is 430 g/mol. The van der Waals surface area contributed by atoms with Gasteiger partial charge in [0.15, 0.2) is 5.11 Å². The van der Waals surface area contributed by atoms with Crippen molar-refractivity contribution in [3.8, 4) is 0 Å². The summed E-state index contributed by atoms with van der Waals surface area (Å²) in [5.74, 6) is 0. The number of anilines is 1. The zero-order valence-corrected chi connectivity index (χ0v) is 15.5. The van der Waals surface area contributed by atoms with Gasteiger partial charge in [-0.3, -0.25) is 0 Å². The first-order chi connectivity index (χ1) is 13.0. The first kappa shape index (κ1) is 22.7. The van der Waals surface area contributed by atoms with Crippen LogP contribution in [0.4, 0.5) is 32.0 Å². The SMILES string of the molecule is OCCO[C@@H]1CCCC[C@H]1NC(=S)Nc1cc(C(F)(F)F)cc(C(F)(F)F)c1. The standard InChI is InChI=1S/C17H20F6N2O2S/c18-16(19,20)10-7-11(17(21,22)23)9-12(8-10)24-15(28)25-13-3-1-2-4-14(13)27-6-5-26/h7-9,13-14,26H,1-6H2,(H2,24,25,28)/t13-,14-/m1/s1. The van der Waals surface area contributed by atoms with Gasteiger partial charge in [-0.05, 0) is 43.3 Å². The fourth-order valence-electron chi connectivity index (χ4n) is 3.03. The summed E-state index contributed by atoms with van der Waals surface area (Å²) in [5, 5.41) is 14.1. The van der Waals surface area contributed by atoms with Crippen LogP contribution in [-0.4, -0.2) is 35.6 Å². The van der Waals surface area contributed by atoms with E-state index in [1.807, 2.05) is 0 Å². The largest absolute Gasteiger partial charge is 0.416 e. The lowest BCUT2D eigenvalue weighted by atomic mass is 9.92. The van der Waals surface area contributed by atoms with Crippen LogP contribution in [0.25, 0.3) is 0 Å². The number of alkyl halides is 6. The second kappa shape index (κ2) is 9.27. The summed E-state index contributed by atoms with van der Waals surface area (Å²) in [6.07, 6.45) is -6.94. The van der Waals surface area contributed by atoms with Crippen LogP contribution in [0, 0.1) is 0 Å². The molecule has 4 nitrogen and oxygen atoms in total. The molecule has 0 amide bonds. The minimum Gasteiger partial charge on any atom is -0.394 e. The van der Waals surface area contributed by atoms with Gasteiger partial charge in [0.25, 0.3) is 0 Å². The first-order valence-electron chi connectivity index (χ1n) is 8.60.